The number of carboxylic acids is 2. The van der Waals surface area contributed by atoms with Crippen LogP contribution >= 0.6 is 15.9 Å². The van der Waals surface area contributed by atoms with E-state index in [0.29, 0.717) is 5.33 Å². The van der Waals surface area contributed by atoms with Gasteiger partial charge in [0.15, 0.2) is 0 Å². The molecule has 0 aliphatic rings. The standard InChI is InChI=1S/C14H26BrNO4/c1-13(2,3)9(11(17)18)16(8-7-15)10(12(19)20)14(4,5)6/h9-10H,7-8H2,1-6H3,(H,17,18)(H,19,20)/p-2. The summed E-state index contributed by atoms with van der Waals surface area (Å²) in [6.45, 7) is 10.8. The molecule has 0 saturated carbocycles. The van der Waals surface area contributed by atoms with Gasteiger partial charge in [-0.3, -0.25) is 4.90 Å². The lowest BCUT2D eigenvalue weighted by Crippen LogP contribution is -2.65. The van der Waals surface area contributed by atoms with Crippen LogP contribution in [-0.4, -0.2) is 40.8 Å². The fraction of sp³-hybridized carbons (Fsp3) is 0.857. The number of halogens is 1. The Bertz CT molecular complexity index is 325. The van der Waals surface area contributed by atoms with E-state index in [4.69, 9.17) is 0 Å². The lowest BCUT2D eigenvalue weighted by atomic mass is 9.80. The minimum Gasteiger partial charge on any atom is -0.548 e. The molecule has 0 amide bonds. The van der Waals surface area contributed by atoms with Crippen molar-refractivity contribution in [3.8, 4) is 0 Å². The quantitative estimate of drug-likeness (QED) is 0.631. The van der Waals surface area contributed by atoms with Gasteiger partial charge in [0.25, 0.3) is 0 Å². The van der Waals surface area contributed by atoms with Crippen molar-refractivity contribution in [2.24, 2.45) is 10.8 Å². The van der Waals surface area contributed by atoms with Crippen LogP contribution in [0.2, 0.25) is 0 Å². The van der Waals surface area contributed by atoms with Crippen molar-refractivity contribution in [3.63, 3.8) is 0 Å². The third kappa shape index (κ3) is 5.05. The number of carbonyl (C=O) groups is 2. The Balaban J connectivity index is 5.81. The molecule has 0 radical (unpaired) electrons. The van der Waals surface area contributed by atoms with Crippen LogP contribution in [0.1, 0.15) is 41.5 Å². The van der Waals surface area contributed by atoms with Gasteiger partial charge in [-0.1, -0.05) is 57.5 Å². The first-order valence-corrected chi connectivity index (χ1v) is 7.69. The second kappa shape index (κ2) is 6.89. The first kappa shape index (κ1) is 19.4. The maximum Gasteiger partial charge on any atom is 0.0592 e. The Morgan fingerprint density at radius 3 is 1.40 bits per heavy atom. The van der Waals surface area contributed by atoms with Crippen LogP contribution in [0, 0.1) is 10.8 Å². The summed E-state index contributed by atoms with van der Waals surface area (Å²) in [5.41, 5.74) is -1.31. The van der Waals surface area contributed by atoms with E-state index in [1.807, 2.05) is 0 Å². The van der Waals surface area contributed by atoms with Crippen molar-refractivity contribution in [1.29, 1.82) is 0 Å². The molecular weight excluding hydrogens is 326 g/mol. The maximum absolute atomic E-state index is 11.5. The SMILES string of the molecule is CC(C)(C)C(C(=O)[O-])N(CCBr)C(C(=O)[O-])C(C)(C)C. The zero-order valence-electron chi connectivity index (χ0n) is 13.0. The van der Waals surface area contributed by atoms with Crippen molar-refractivity contribution in [2.45, 2.75) is 53.6 Å². The molecule has 0 heterocycles. The number of carbonyl (C=O) groups excluding carboxylic acids is 2. The number of carboxylic acid groups (broad SMARTS) is 2. The number of rotatable bonds is 6. The third-order valence-corrected chi connectivity index (χ3v) is 3.45. The van der Waals surface area contributed by atoms with Gasteiger partial charge in [-0.05, 0) is 10.8 Å². The first-order valence-electron chi connectivity index (χ1n) is 6.57. The summed E-state index contributed by atoms with van der Waals surface area (Å²) >= 11 is 3.25. The van der Waals surface area contributed by atoms with Gasteiger partial charge >= 0.3 is 0 Å². The van der Waals surface area contributed by atoms with Crippen LogP contribution in [0.25, 0.3) is 0 Å². The average Bonchev–Trinajstić information content (AvgIpc) is 2.11. The average molecular weight is 350 g/mol. The molecule has 0 fully saturated rings. The van der Waals surface area contributed by atoms with Crippen molar-refractivity contribution >= 4 is 27.9 Å². The molecule has 0 rings (SSSR count). The molecule has 5 nitrogen and oxygen atoms in total. The molecule has 0 spiro atoms. The zero-order chi connectivity index (χ0) is 16.3. The van der Waals surface area contributed by atoms with Gasteiger partial charge in [-0.15, -0.1) is 0 Å². The fourth-order valence-corrected chi connectivity index (χ4v) is 2.89. The van der Waals surface area contributed by atoms with Crippen LogP contribution in [0.15, 0.2) is 0 Å². The molecule has 0 aliphatic heterocycles. The lowest BCUT2D eigenvalue weighted by Gasteiger charge is -2.49. The molecule has 0 N–H and O–H groups in total. The van der Waals surface area contributed by atoms with Gasteiger partial charge in [0.2, 0.25) is 0 Å². The molecule has 0 aromatic carbocycles. The molecule has 2 unspecified atom stereocenters. The van der Waals surface area contributed by atoms with E-state index < -0.39 is 34.9 Å². The predicted octanol–water partition coefficient (Wildman–Crippen LogP) is 0.0125. The van der Waals surface area contributed by atoms with Gasteiger partial charge in [0, 0.05) is 11.9 Å². The van der Waals surface area contributed by atoms with Crippen LogP contribution < -0.4 is 10.2 Å². The summed E-state index contributed by atoms with van der Waals surface area (Å²) in [4.78, 5) is 24.5. The molecule has 2 atom stereocenters. The molecule has 0 aromatic heterocycles. The molecule has 20 heavy (non-hydrogen) atoms. The summed E-state index contributed by atoms with van der Waals surface area (Å²) in [6.07, 6.45) is 0. The normalized spacial score (nSPS) is 16.0. The van der Waals surface area contributed by atoms with Gasteiger partial charge in [0.05, 0.1) is 24.0 Å². The number of nitrogens with zero attached hydrogens (tertiary/aromatic N) is 1. The molecule has 0 saturated heterocycles. The number of hydrogen-bond donors (Lipinski definition) is 0. The molecule has 0 aliphatic carbocycles. The van der Waals surface area contributed by atoms with E-state index in [-0.39, 0.29) is 6.54 Å². The van der Waals surface area contributed by atoms with Crippen molar-refractivity contribution in [3.05, 3.63) is 0 Å². The highest BCUT2D eigenvalue weighted by atomic mass is 79.9. The Morgan fingerprint density at radius 2 is 1.25 bits per heavy atom. The van der Waals surface area contributed by atoms with E-state index in [1.54, 1.807) is 41.5 Å². The minimum atomic E-state index is -1.27. The third-order valence-electron chi connectivity index (χ3n) is 3.09. The van der Waals surface area contributed by atoms with E-state index >= 15 is 0 Å². The van der Waals surface area contributed by atoms with Crippen molar-refractivity contribution in [1.82, 2.24) is 4.90 Å². The second-order valence-corrected chi connectivity index (χ2v) is 7.90. The van der Waals surface area contributed by atoms with Crippen LogP contribution in [0.3, 0.4) is 0 Å². The highest BCUT2D eigenvalue weighted by molar-refractivity contribution is 9.09. The number of hydrogen-bond acceptors (Lipinski definition) is 5. The number of alkyl halides is 1. The van der Waals surface area contributed by atoms with Gasteiger partial charge in [0.1, 0.15) is 0 Å². The summed E-state index contributed by atoms with van der Waals surface area (Å²) in [7, 11) is 0. The zero-order valence-corrected chi connectivity index (χ0v) is 14.6. The van der Waals surface area contributed by atoms with Gasteiger partial charge in [-0.2, -0.15) is 0 Å². The van der Waals surface area contributed by atoms with Crippen LogP contribution in [0.4, 0.5) is 0 Å². The highest BCUT2D eigenvalue weighted by Crippen LogP contribution is 2.32. The van der Waals surface area contributed by atoms with Crippen molar-refractivity contribution in [2.75, 3.05) is 11.9 Å². The van der Waals surface area contributed by atoms with Gasteiger partial charge < -0.3 is 19.8 Å². The van der Waals surface area contributed by atoms with Gasteiger partial charge in [-0.25, -0.2) is 0 Å². The molecule has 0 aromatic rings. The molecule has 0 bridgehead atoms. The van der Waals surface area contributed by atoms with E-state index in [2.05, 4.69) is 15.9 Å². The summed E-state index contributed by atoms with van der Waals surface area (Å²) in [5, 5.41) is 23.5. The molecular formula is C14H24BrNO4-2. The molecule has 6 heteroatoms. The van der Waals surface area contributed by atoms with E-state index in [0.717, 1.165) is 0 Å². The topological polar surface area (TPSA) is 83.5 Å². The Kier molecular flexibility index (Phi) is 6.68. The molecule has 118 valence electrons. The smallest absolute Gasteiger partial charge is 0.0592 e. The minimum absolute atomic E-state index is 0.284. The fourth-order valence-electron chi connectivity index (χ4n) is 2.48. The Labute approximate surface area is 129 Å². The largest absolute Gasteiger partial charge is 0.548 e. The highest BCUT2D eigenvalue weighted by Gasteiger charge is 2.40. The summed E-state index contributed by atoms with van der Waals surface area (Å²) in [5.74, 6) is -2.54. The Morgan fingerprint density at radius 1 is 0.950 bits per heavy atom. The maximum atomic E-state index is 11.5. The Hall–Kier alpha value is -0.620. The second-order valence-electron chi connectivity index (χ2n) is 7.10. The summed E-state index contributed by atoms with van der Waals surface area (Å²) in [6, 6.07) is -2.02. The summed E-state index contributed by atoms with van der Waals surface area (Å²) < 4.78 is 0. The van der Waals surface area contributed by atoms with E-state index in [1.165, 1.54) is 4.90 Å². The van der Waals surface area contributed by atoms with E-state index in [9.17, 15) is 19.8 Å². The van der Waals surface area contributed by atoms with Crippen LogP contribution in [-0.2, 0) is 9.59 Å². The number of aliphatic carboxylic acids is 2. The monoisotopic (exact) mass is 349 g/mol. The predicted molar refractivity (Wildman–Crippen MR) is 77.0 cm³/mol. The first-order chi connectivity index (χ1) is 8.84. The lowest BCUT2D eigenvalue weighted by molar-refractivity contribution is -0.324. The van der Waals surface area contributed by atoms with Crippen LogP contribution in [0.5, 0.6) is 0 Å². The van der Waals surface area contributed by atoms with Crippen molar-refractivity contribution < 1.29 is 19.8 Å².